The molecule has 2 atom stereocenters. The zero-order valence-electron chi connectivity index (χ0n) is 24.0. The summed E-state index contributed by atoms with van der Waals surface area (Å²) in [6, 6.07) is -0.733. The van der Waals surface area contributed by atoms with Gasteiger partial charge in [0.25, 0.3) is 11.8 Å². The maximum absolute atomic E-state index is 14.1. The van der Waals surface area contributed by atoms with Crippen LogP contribution >= 0.6 is 0 Å². The molecule has 1 saturated carbocycles. The van der Waals surface area contributed by atoms with E-state index < -0.39 is 23.5 Å². The number of aliphatic hydroxyl groups excluding tert-OH is 2. The Hall–Kier alpha value is -1.80. The van der Waals surface area contributed by atoms with Crippen molar-refractivity contribution in [3.63, 3.8) is 0 Å². The molecule has 0 aliphatic heterocycles. The van der Waals surface area contributed by atoms with Crippen molar-refractivity contribution < 1.29 is 28.6 Å². The summed E-state index contributed by atoms with van der Waals surface area (Å²) in [5.74, 6) is -3.16. The van der Waals surface area contributed by atoms with Gasteiger partial charge in [0.2, 0.25) is 0 Å². The summed E-state index contributed by atoms with van der Waals surface area (Å²) in [5, 5.41) is 22.6. The van der Waals surface area contributed by atoms with E-state index in [4.69, 9.17) is 10.2 Å². The third kappa shape index (κ3) is 19.8. The largest absolute Gasteiger partial charge is 0.396 e. The fraction of sp³-hybridized carbons (Fsp3) is 0.806. The molecule has 0 bridgehead atoms. The van der Waals surface area contributed by atoms with E-state index in [9.17, 15) is 18.4 Å². The monoisotopic (exact) mass is 556 g/mol. The van der Waals surface area contributed by atoms with Gasteiger partial charge in [0, 0.05) is 13.2 Å². The van der Waals surface area contributed by atoms with Crippen LogP contribution in [0.2, 0.25) is 0 Å². The molecular formula is C31H54F2N2O4. The van der Waals surface area contributed by atoms with Crippen molar-refractivity contribution >= 4 is 11.8 Å². The topological polar surface area (TPSA) is 98.7 Å². The molecule has 2 amide bonds. The molecule has 0 aromatic carbocycles. The van der Waals surface area contributed by atoms with Gasteiger partial charge in [0.15, 0.2) is 11.7 Å². The van der Waals surface area contributed by atoms with Crippen LogP contribution in [-0.4, -0.2) is 47.3 Å². The van der Waals surface area contributed by atoms with Gasteiger partial charge in [0.05, 0.1) is 12.1 Å². The smallest absolute Gasteiger partial charge is 0.279 e. The van der Waals surface area contributed by atoms with Crippen LogP contribution in [0.3, 0.4) is 0 Å². The molecule has 1 rings (SSSR count). The van der Waals surface area contributed by atoms with E-state index in [1.165, 1.54) is 37.8 Å². The molecule has 0 aromatic rings. The lowest BCUT2D eigenvalue weighted by molar-refractivity contribution is -0.120. The Kier molecular flexibility index (Phi) is 21.7. The van der Waals surface area contributed by atoms with E-state index in [-0.39, 0.29) is 25.3 Å². The Morgan fingerprint density at radius 1 is 0.538 bits per heavy atom. The van der Waals surface area contributed by atoms with E-state index in [0.717, 1.165) is 89.9 Å². The van der Waals surface area contributed by atoms with Gasteiger partial charge in [-0.3, -0.25) is 9.59 Å². The summed E-state index contributed by atoms with van der Waals surface area (Å²) >= 11 is 0. The Morgan fingerprint density at radius 3 is 1.13 bits per heavy atom. The van der Waals surface area contributed by atoms with Crippen LogP contribution in [0, 0.1) is 0 Å². The fourth-order valence-corrected chi connectivity index (χ4v) is 4.62. The van der Waals surface area contributed by atoms with Crippen molar-refractivity contribution in [1.29, 1.82) is 0 Å². The van der Waals surface area contributed by atoms with Gasteiger partial charge in [-0.2, -0.15) is 0 Å². The second-order valence-electron chi connectivity index (χ2n) is 10.9. The van der Waals surface area contributed by atoms with Gasteiger partial charge < -0.3 is 20.8 Å². The van der Waals surface area contributed by atoms with Crippen LogP contribution in [0.1, 0.15) is 135 Å². The van der Waals surface area contributed by atoms with Crippen LogP contribution in [0.4, 0.5) is 8.78 Å². The number of amides is 2. The predicted octanol–water partition coefficient (Wildman–Crippen LogP) is 6.85. The van der Waals surface area contributed by atoms with Gasteiger partial charge in [-0.05, 0) is 57.1 Å². The molecule has 1 aliphatic rings. The zero-order valence-corrected chi connectivity index (χ0v) is 24.0. The third-order valence-corrected chi connectivity index (χ3v) is 7.23. The second-order valence-corrected chi connectivity index (χ2v) is 10.9. The van der Waals surface area contributed by atoms with Crippen molar-refractivity contribution in [2.75, 3.05) is 13.2 Å². The number of hydrogen-bond donors (Lipinski definition) is 4. The fourth-order valence-electron chi connectivity index (χ4n) is 4.62. The first kappa shape index (κ1) is 35.2. The predicted molar refractivity (Wildman–Crippen MR) is 153 cm³/mol. The summed E-state index contributed by atoms with van der Waals surface area (Å²) < 4.78 is 28.2. The summed E-state index contributed by atoms with van der Waals surface area (Å²) in [4.78, 5) is 24.0. The van der Waals surface area contributed by atoms with Gasteiger partial charge >= 0.3 is 0 Å². The van der Waals surface area contributed by atoms with Crippen molar-refractivity contribution in [1.82, 2.24) is 10.6 Å². The highest BCUT2D eigenvalue weighted by Gasteiger charge is 2.40. The number of rotatable bonds is 26. The first-order valence-corrected chi connectivity index (χ1v) is 15.5. The zero-order chi connectivity index (χ0) is 28.6. The first-order valence-electron chi connectivity index (χ1n) is 15.5. The normalized spacial score (nSPS) is 17.3. The molecule has 8 heteroatoms. The lowest BCUT2D eigenvalue weighted by atomic mass is 10.1. The van der Waals surface area contributed by atoms with Gasteiger partial charge in [0.1, 0.15) is 0 Å². The Balaban J connectivity index is 2.05. The van der Waals surface area contributed by atoms with E-state index in [1.807, 2.05) is 0 Å². The Labute approximate surface area is 235 Å². The second kappa shape index (κ2) is 24.0. The average Bonchev–Trinajstić information content (AvgIpc) is 3.66. The molecule has 226 valence electrons. The molecule has 1 fully saturated rings. The number of hydrogen-bond acceptors (Lipinski definition) is 4. The van der Waals surface area contributed by atoms with Crippen LogP contribution in [0.15, 0.2) is 23.8 Å². The highest BCUT2D eigenvalue weighted by molar-refractivity contribution is 5.93. The maximum Gasteiger partial charge on any atom is 0.279 e. The van der Waals surface area contributed by atoms with E-state index in [2.05, 4.69) is 10.6 Å². The Morgan fingerprint density at radius 2 is 0.821 bits per heavy atom. The van der Waals surface area contributed by atoms with Crippen LogP contribution in [0.5, 0.6) is 0 Å². The molecule has 0 aromatic heterocycles. The van der Waals surface area contributed by atoms with E-state index in [1.54, 1.807) is 0 Å². The average molecular weight is 557 g/mol. The summed E-state index contributed by atoms with van der Waals surface area (Å²) in [6.07, 6.45) is 23.4. The van der Waals surface area contributed by atoms with E-state index >= 15 is 0 Å². The van der Waals surface area contributed by atoms with Gasteiger partial charge in [-0.15, -0.1) is 0 Å². The number of carbonyl (C=O) groups is 2. The number of aliphatic hydroxyl groups is 2. The third-order valence-electron chi connectivity index (χ3n) is 7.23. The highest BCUT2D eigenvalue weighted by atomic mass is 19.1. The van der Waals surface area contributed by atoms with Crippen molar-refractivity contribution in [3.8, 4) is 0 Å². The maximum atomic E-state index is 14.1. The van der Waals surface area contributed by atoms with Crippen LogP contribution in [-0.2, 0) is 9.59 Å². The SMILES string of the molecule is O=C(N[C@H]1C[C@H]1NC(=O)C(F)=CCCCCCCCCCCCO)C(F)=CCCCCCCCCCCCO. The number of allylic oxidation sites excluding steroid dienone is 2. The minimum atomic E-state index is -0.802. The van der Waals surface area contributed by atoms with Crippen LogP contribution < -0.4 is 10.6 Å². The molecule has 0 radical (unpaired) electrons. The standard InChI is InChI=1S/C31H54F2N2O4/c32-26(21-17-13-9-5-1-3-7-11-15-19-23-36)30(38)34-28-25-29(28)35-31(39)27(33)22-18-14-10-6-2-4-8-12-16-20-24-37/h21-22,28-29,36-37H,1-20,23-25H2,(H,34,38)(H,35,39)/t28-,29+. The van der Waals surface area contributed by atoms with Crippen LogP contribution in [0.25, 0.3) is 0 Å². The molecule has 0 unspecified atom stereocenters. The lowest BCUT2D eigenvalue weighted by Crippen LogP contribution is -2.35. The molecule has 6 nitrogen and oxygen atoms in total. The quantitative estimate of drug-likeness (QED) is 0.0691. The molecule has 0 spiro atoms. The van der Waals surface area contributed by atoms with Crippen molar-refractivity contribution in [3.05, 3.63) is 23.8 Å². The minimum Gasteiger partial charge on any atom is -0.396 e. The summed E-state index contributed by atoms with van der Waals surface area (Å²) in [6.45, 7) is 0.542. The highest BCUT2D eigenvalue weighted by Crippen LogP contribution is 2.23. The molecule has 0 saturated heterocycles. The van der Waals surface area contributed by atoms with Gasteiger partial charge in [-0.1, -0.05) is 89.9 Å². The first-order chi connectivity index (χ1) is 19.0. The molecule has 4 N–H and O–H groups in total. The Bertz CT molecular complexity index is 657. The summed E-state index contributed by atoms with van der Waals surface area (Å²) in [5.41, 5.74) is 0. The minimum absolute atomic E-state index is 0.271. The molecular weight excluding hydrogens is 502 g/mol. The lowest BCUT2D eigenvalue weighted by Gasteiger charge is -2.05. The van der Waals surface area contributed by atoms with E-state index in [0.29, 0.717) is 19.3 Å². The number of nitrogens with one attached hydrogen (secondary N) is 2. The molecule has 0 heterocycles. The molecule has 39 heavy (non-hydrogen) atoms. The number of unbranched alkanes of at least 4 members (excludes halogenated alkanes) is 18. The molecule has 1 aliphatic carbocycles. The number of halogens is 2. The van der Waals surface area contributed by atoms with Crippen molar-refractivity contribution in [2.45, 2.75) is 147 Å². The van der Waals surface area contributed by atoms with Gasteiger partial charge in [-0.25, -0.2) is 8.78 Å². The number of carbonyl (C=O) groups excluding carboxylic acids is 2. The van der Waals surface area contributed by atoms with Crippen molar-refractivity contribution in [2.24, 2.45) is 0 Å². The summed E-state index contributed by atoms with van der Waals surface area (Å²) in [7, 11) is 0.